The molecular weight excluding hydrogens is 248 g/mol. The van der Waals surface area contributed by atoms with Crippen molar-refractivity contribution in [1.82, 2.24) is 9.88 Å². The van der Waals surface area contributed by atoms with Gasteiger partial charge in [0, 0.05) is 35.2 Å². The average Bonchev–Trinajstić information content (AvgIpc) is 3.14. The second kappa shape index (κ2) is 5.53. The molecule has 1 aromatic heterocycles. The maximum atomic E-state index is 12.9. The number of fused-ring (bicyclic) bond motifs is 1. The van der Waals surface area contributed by atoms with Gasteiger partial charge in [0.2, 0.25) is 0 Å². The predicted molar refractivity (Wildman–Crippen MR) is 81.8 cm³/mol. The van der Waals surface area contributed by atoms with Crippen LogP contribution in [0.2, 0.25) is 0 Å². The van der Waals surface area contributed by atoms with Gasteiger partial charge in [-0.3, -0.25) is 4.79 Å². The first-order valence-electron chi connectivity index (χ1n) is 7.29. The number of carbonyl (C=O) groups excluding carboxylic acids is 1. The maximum Gasteiger partial charge on any atom is 0.255 e. The highest BCUT2D eigenvalue weighted by Gasteiger charge is 2.27. The van der Waals surface area contributed by atoms with E-state index in [1.165, 1.54) is 12.8 Å². The van der Waals surface area contributed by atoms with E-state index in [9.17, 15) is 4.79 Å². The Kier molecular flexibility index (Phi) is 3.59. The number of hydrogen-bond acceptors (Lipinski definition) is 1. The molecule has 0 aliphatic heterocycles. The molecule has 0 radical (unpaired) electrons. The first-order chi connectivity index (χ1) is 9.81. The molecule has 0 saturated heterocycles. The van der Waals surface area contributed by atoms with Gasteiger partial charge in [-0.2, -0.15) is 0 Å². The number of hydrogen-bond donors (Lipinski definition) is 1. The molecule has 1 aliphatic carbocycles. The van der Waals surface area contributed by atoms with Crippen LogP contribution in [0.5, 0.6) is 0 Å². The van der Waals surface area contributed by atoms with Crippen LogP contribution in [0.15, 0.2) is 43.1 Å². The highest BCUT2D eigenvalue weighted by molar-refractivity contribution is 6.06. The van der Waals surface area contributed by atoms with Crippen LogP contribution in [0.3, 0.4) is 0 Å². The number of nitrogens with one attached hydrogen (secondary N) is 1. The van der Waals surface area contributed by atoms with Crippen molar-refractivity contribution < 1.29 is 4.79 Å². The van der Waals surface area contributed by atoms with Crippen LogP contribution in [-0.2, 0) is 0 Å². The fourth-order valence-corrected chi connectivity index (χ4v) is 3.18. The van der Waals surface area contributed by atoms with Gasteiger partial charge in [0.1, 0.15) is 0 Å². The van der Waals surface area contributed by atoms with Crippen LogP contribution in [0.4, 0.5) is 0 Å². The summed E-state index contributed by atoms with van der Waals surface area (Å²) in [4.78, 5) is 18.1. The van der Waals surface area contributed by atoms with E-state index in [1.54, 1.807) is 0 Å². The fraction of sp³-hybridized carbons (Fsp3) is 0.353. The minimum atomic E-state index is 0.127. The monoisotopic (exact) mass is 268 g/mol. The zero-order chi connectivity index (χ0) is 13.9. The lowest BCUT2D eigenvalue weighted by Crippen LogP contribution is -2.39. The Morgan fingerprint density at radius 2 is 2.15 bits per heavy atom. The summed E-state index contributed by atoms with van der Waals surface area (Å²) in [5.41, 5.74) is 1.80. The number of aromatic amines is 1. The molecule has 0 spiro atoms. The van der Waals surface area contributed by atoms with Crippen LogP contribution in [-0.4, -0.2) is 28.4 Å². The van der Waals surface area contributed by atoms with Crippen molar-refractivity contribution in [2.24, 2.45) is 0 Å². The van der Waals surface area contributed by atoms with E-state index in [0.29, 0.717) is 12.6 Å². The molecule has 1 aliphatic rings. The molecule has 1 aromatic carbocycles. The molecule has 3 nitrogen and oxygen atoms in total. The van der Waals surface area contributed by atoms with E-state index in [0.717, 1.165) is 29.3 Å². The fourth-order valence-electron chi connectivity index (χ4n) is 3.18. The van der Waals surface area contributed by atoms with E-state index in [1.807, 2.05) is 41.4 Å². The van der Waals surface area contributed by atoms with Crippen LogP contribution in [0.1, 0.15) is 36.0 Å². The van der Waals surface area contributed by atoms with Gasteiger partial charge < -0.3 is 9.88 Å². The van der Waals surface area contributed by atoms with Crippen molar-refractivity contribution in [1.29, 1.82) is 0 Å². The van der Waals surface area contributed by atoms with E-state index < -0.39 is 0 Å². The van der Waals surface area contributed by atoms with Crippen molar-refractivity contribution in [3.63, 3.8) is 0 Å². The zero-order valence-corrected chi connectivity index (χ0v) is 11.6. The van der Waals surface area contributed by atoms with Crippen molar-refractivity contribution in [3.05, 3.63) is 48.7 Å². The third kappa shape index (κ3) is 2.24. The van der Waals surface area contributed by atoms with Crippen LogP contribution >= 0.6 is 0 Å². The molecular formula is C17H20N2O. The Labute approximate surface area is 119 Å². The van der Waals surface area contributed by atoms with Gasteiger partial charge in [0.25, 0.3) is 5.91 Å². The van der Waals surface area contributed by atoms with Crippen molar-refractivity contribution in [2.45, 2.75) is 31.7 Å². The molecule has 3 rings (SSSR count). The van der Waals surface area contributed by atoms with Gasteiger partial charge in [-0.05, 0) is 31.0 Å². The summed E-state index contributed by atoms with van der Waals surface area (Å²) in [6, 6.07) is 8.20. The van der Waals surface area contributed by atoms with Crippen molar-refractivity contribution in [3.8, 4) is 0 Å². The Morgan fingerprint density at radius 3 is 2.90 bits per heavy atom. The summed E-state index contributed by atoms with van der Waals surface area (Å²) >= 11 is 0. The second-order valence-corrected chi connectivity index (χ2v) is 5.43. The zero-order valence-electron chi connectivity index (χ0n) is 11.6. The summed E-state index contributed by atoms with van der Waals surface area (Å²) in [7, 11) is 0. The second-order valence-electron chi connectivity index (χ2n) is 5.43. The van der Waals surface area contributed by atoms with Crippen molar-refractivity contribution >= 4 is 16.8 Å². The Balaban J connectivity index is 1.96. The first kappa shape index (κ1) is 13.0. The van der Waals surface area contributed by atoms with Gasteiger partial charge in [-0.15, -0.1) is 6.58 Å². The summed E-state index contributed by atoms with van der Waals surface area (Å²) in [6.45, 7) is 4.43. The highest BCUT2D eigenvalue weighted by Crippen LogP contribution is 2.26. The highest BCUT2D eigenvalue weighted by atomic mass is 16.2. The van der Waals surface area contributed by atoms with E-state index in [-0.39, 0.29) is 5.91 Å². The summed E-state index contributed by atoms with van der Waals surface area (Å²) < 4.78 is 0. The lowest BCUT2D eigenvalue weighted by molar-refractivity contribution is 0.0708. The molecule has 1 amide bonds. The summed E-state index contributed by atoms with van der Waals surface area (Å²) in [5.74, 6) is 0.127. The molecule has 0 bridgehead atoms. The molecule has 20 heavy (non-hydrogen) atoms. The smallest absolute Gasteiger partial charge is 0.255 e. The summed E-state index contributed by atoms with van der Waals surface area (Å²) in [5, 5.41) is 1.00. The topological polar surface area (TPSA) is 36.1 Å². The maximum absolute atomic E-state index is 12.9. The standard InChI is InChI=1S/C17H20N2O/c1-2-12-19(13-6-3-4-7-13)17(20)15-8-5-9-16-14(15)10-11-18-16/h2,5,8-11,13,18H,1,3-4,6-7,12H2. The largest absolute Gasteiger partial charge is 0.361 e. The number of carbonyl (C=O) groups is 1. The van der Waals surface area contributed by atoms with Crippen LogP contribution < -0.4 is 0 Å². The van der Waals surface area contributed by atoms with Gasteiger partial charge in [-0.1, -0.05) is 25.0 Å². The molecule has 1 fully saturated rings. The molecule has 1 saturated carbocycles. The summed E-state index contributed by atoms with van der Waals surface area (Å²) in [6.07, 6.45) is 8.38. The number of H-pyrrole nitrogens is 1. The lowest BCUT2D eigenvalue weighted by Gasteiger charge is -2.28. The van der Waals surface area contributed by atoms with Gasteiger partial charge in [0.05, 0.1) is 0 Å². The van der Waals surface area contributed by atoms with Gasteiger partial charge in [-0.25, -0.2) is 0 Å². The van der Waals surface area contributed by atoms with Crippen molar-refractivity contribution in [2.75, 3.05) is 6.54 Å². The number of amides is 1. The molecule has 1 heterocycles. The predicted octanol–water partition coefficient (Wildman–Crippen LogP) is 3.74. The number of aromatic nitrogens is 1. The Bertz CT molecular complexity index is 623. The minimum Gasteiger partial charge on any atom is -0.361 e. The minimum absolute atomic E-state index is 0.127. The molecule has 1 N–H and O–H groups in total. The lowest BCUT2D eigenvalue weighted by atomic mass is 10.1. The SMILES string of the molecule is C=CCN(C(=O)c1cccc2[nH]ccc12)C1CCCC1. The first-order valence-corrected chi connectivity index (χ1v) is 7.29. The molecule has 2 aromatic rings. The average molecular weight is 268 g/mol. The number of rotatable bonds is 4. The normalized spacial score (nSPS) is 15.6. The molecule has 104 valence electrons. The number of nitrogens with zero attached hydrogens (tertiary/aromatic N) is 1. The van der Waals surface area contributed by atoms with Crippen LogP contribution in [0.25, 0.3) is 10.9 Å². The van der Waals surface area contributed by atoms with Crippen LogP contribution in [0, 0.1) is 0 Å². The van der Waals surface area contributed by atoms with E-state index in [2.05, 4.69) is 11.6 Å². The van der Waals surface area contributed by atoms with E-state index in [4.69, 9.17) is 0 Å². The molecule has 3 heteroatoms. The third-order valence-electron chi connectivity index (χ3n) is 4.18. The molecule has 0 unspecified atom stereocenters. The number of benzene rings is 1. The van der Waals surface area contributed by atoms with Gasteiger partial charge in [0.15, 0.2) is 0 Å². The van der Waals surface area contributed by atoms with Gasteiger partial charge >= 0.3 is 0 Å². The van der Waals surface area contributed by atoms with E-state index >= 15 is 0 Å². The third-order valence-corrected chi connectivity index (χ3v) is 4.18. The molecule has 0 atom stereocenters. The Hall–Kier alpha value is -2.03. The quantitative estimate of drug-likeness (QED) is 0.842. The Morgan fingerprint density at radius 1 is 1.35 bits per heavy atom.